The highest BCUT2D eigenvalue weighted by atomic mass is 79.9. The van der Waals surface area contributed by atoms with E-state index in [1.54, 1.807) is 0 Å². The molecule has 26 heavy (non-hydrogen) atoms. The molecule has 0 atom stereocenters. The maximum Gasteiger partial charge on any atom is 0.417 e. The first-order chi connectivity index (χ1) is 12.1. The molecule has 6 nitrogen and oxygen atoms in total. The van der Waals surface area contributed by atoms with Crippen LogP contribution in [0.4, 0.5) is 23.2 Å². The summed E-state index contributed by atoms with van der Waals surface area (Å²) in [4.78, 5) is 25.3. The van der Waals surface area contributed by atoms with Crippen LogP contribution in [0.25, 0.3) is 0 Å². The molecule has 0 saturated carbocycles. The third-order valence-corrected chi connectivity index (χ3v) is 4.36. The summed E-state index contributed by atoms with van der Waals surface area (Å²) in [5.41, 5.74) is -2.12. The van der Waals surface area contributed by atoms with E-state index in [1.807, 2.05) is 0 Å². The number of ether oxygens (including phenoxy) is 1. The molecule has 1 aromatic carbocycles. The predicted molar refractivity (Wildman–Crippen MR) is 85.4 cm³/mol. The Bertz CT molecular complexity index is 780. The van der Waals surface area contributed by atoms with Gasteiger partial charge in [-0.1, -0.05) is 0 Å². The van der Waals surface area contributed by atoms with Crippen LogP contribution in [0, 0.1) is 5.82 Å². The monoisotopic (exact) mass is 440 g/mol. The lowest BCUT2D eigenvalue weighted by molar-refractivity contribution is -0.138. The van der Waals surface area contributed by atoms with Gasteiger partial charge in [-0.15, -0.1) is 0 Å². The fourth-order valence-corrected chi connectivity index (χ4v) is 2.81. The lowest BCUT2D eigenvalue weighted by Gasteiger charge is -2.16. The number of benzene rings is 1. The number of anilines is 1. The largest absolute Gasteiger partial charge is 0.466 e. The summed E-state index contributed by atoms with van der Waals surface area (Å²) in [6.07, 6.45) is -4.83. The quantitative estimate of drug-likeness (QED) is 0.542. The molecule has 1 heterocycles. The van der Waals surface area contributed by atoms with E-state index < -0.39 is 33.9 Å². The van der Waals surface area contributed by atoms with E-state index in [2.05, 4.69) is 26.0 Å². The molecule has 0 fully saturated rings. The molecule has 1 aliphatic heterocycles. The van der Waals surface area contributed by atoms with Crippen LogP contribution >= 0.6 is 15.9 Å². The summed E-state index contributed by atoms with van der Waals surface area (Å²) < 4.78 is 56.7. The number of carbonyl (C=O) groups is 2. The number of aliphatic hydroxyl groups is 1. The number of methoxy groups -OCH3 is 1. The molecular formula is C15H13BrF4N2O4. The van der Waals surface area contributed by atoms with E-state index in [0.29, 0.717) is 6.07 Å². The van der Waals surface area contributed by atoms with Gasteiger partial charge in [0.05, 0.1) is 35.9 Å². The van der Waals surface area contributed by atoms with Gasteiger partial charge < -0.3 is 20.1 Å². The van der Waals surface area contributed by atoms with E-state index in [0.717, 1.165) is 18.1 Å². The second-order valence-electron chi connectivity index (χ2n) is 5.24. The molecule has 0 saturated heterocycles. The van der Waals surface area contributed by atoms with Crippen molar-refractivity contribution in [1.82, 2.24) is 4.90 Å². The number of amides is 1. The molecule has 2 rings (SSSR count). The van der Waals surface area contributed by atoms with E-state index in [-0.39, 0.29) is 36.7 Å². The van der Waals surface area contributed by atoms with Crippen molar-refractivity contribution in [2.24, 2.45) is 0 Å². The van der Waals surface area contributed by atoms with Gasteiger partial charge in [-0.25, -0.2) is 9.18 Å². The number of carbonyl (C=O) groups excluding carboxylic acids is 2. The summed E-state index contributed by atoms with van der Waals surface area (Å²) in [6, 6.07) is 1.36. The lowest BCUT2D eigenvalue weighted by Crippen LogP contribution is -2.31. The Balaban J connectivity index is 2.46. The van der Waals surface area contributed by atoms with Crippen molar-refractivity contribution >= 4 is 33.5 Å². The lowest BCUT2D eigenvalue weighted by atomic mass is 10.1. The minimum Gasteiger partial charge on any atom is -0.466 e. The Kier molecular flexibility index (Phi) is 5.91. The van der Waals surface area contributed by atoms with E-state index in [4.69, 9.17) is 5.11 Å². The topological polar surface area (TPSA) is 78.9 Å². The highest BCUT2D eigenvalue weighted by Crippen LogP contribution is 2.38. The van der Waals surface area contributed by atoms with Crippen molar-refractivity contribution in [2.75, 3.05) is 32.1 Å². The fraction of sp³-hybridized carbons (Fsp3) is 0.333. The third kappa shape index (κ3) is 3.98. The van der Waals surface area contributed by atoms with Crippen LogP contribution in [0.3, 0.4) is 0 Å². The standard InChI is InChI=1S/C15H13BrF4N2O4/c1-26-14(25)8-6-22(2-3-23)13(24)12(8)21-7-4-9(15(18,19)20)11(16)10(17)5-7/h4-5,21,23H,2-3,6H2,1H3. The molecule has 1 aliphatic rings. The van der Waals surface area contributed by atoms with Crippen LogP contribution in [0.5, 0.6) is 0 Å². The summed E-state index contributed by atoms with van der Waals surface area (Å²) >= 11 is 2.54. The third-order valence-electron chi connectivity index (χ3n) is 3.56. The summed E-state index contributed by atoms with van der Waals surface area (Å²) in [5.74, 6) is -2.79. The maximum absolute atomic E-state index is 13.8. The number of alkyl halides is 3. The number of rotatable bonds is 5. The molecule has 0 aromatic heterocycles. The van der Waals surface area contributed by atoms with Gasteiger partial charge in [0.15, 0.2) is 0 Å². The van der Waals surface area contributed by atoms with Gasteiger partial charge in [0.2, 0.25) is 0 Å². The molecular weight excluding hydrogens is 428 g/mol. The Hall–Kier alpha value is -2.14. The van der Waals surface area contributed by atoms with Crippen molar-refractivity contribution in [3.63, 3.8) is 0 Å². The molecule has 11 heteroatoms. The van der Waals surface area contributed by atoms with Gasteiger partial charge in [-0.3, -0.25) is 4.79 Å². The number of nitrogens with one attached hydrogen (secondary N) is 1. The van der Waals surface area contributed by atoms with Gasteiger partial charge in [-0.05, 0) is 28.1 Å². The average Bonchev–Trinajstić information content (AvgIpc) is 2.86. The van der Waals surface area contributed by atoms with E-state index in [1.165, 1.54) is 0 Å². The fourth-order valence-electron chi connectivity index (χ4n) is 2.36. The predicted octanol–water partition coefficient (Wildman–Crippen LogP) is 2.28. The zero-order valence-electron chi connectivity index (χ0n) is 13.3. The maximum atomic E-state index is 13.8. The number of hydrogen-bond donors (Lipinski definition) is 2. The van der Waals surface area contributed by atoms with Gasteiger partial charge >= 0.3 is 12.1 Å². The Morgan fingerprint density at radius 2 is 2.08 bits per heavy atom. The molecule has 0 bridgehead atoms. The molecule has 0 radical (unpaired) electrons. The molecule has 0 unspecified atom stereocenters. The number of aliphatic hydroxyl groups excluding tert-OH is 1. The Labute approximate surface area is 153 Å². The average molecular weight is 441 g/mol. The number of hydrogen-bond acceptors (Lipinski definition) is 5. The van der Waals surface area contributed by atoms with Crippen molar-refractivity contribution in [2.45, 2.75) is 6.18 Å². The highest BCUT2D eigenvalue weighted by molar-refractivity contribution is 9.10. The van der Waals surface area contributed by atoms with Gasteiger partial charge in [0.25, 0.3) is 5.91 Å². The van der Waals surface area contributed by atoms with Crippen LogP contribution in [-0.2, 0) is 20.5 Å². The van der Waals surface area contributed by atoms with Crippen LogP contribution < -0.4 is 5.32 Å². The number of esters is 1. The molecule has 2 N–H and O–H groups in total. The Morgan fingerprint density at radius 3 is 2.62 bits per heavy atom. The van der Waals surface area contributed by atoms with E-state index in [9.17, 15) is 27.2 Å². The Morgan fingerprint density at radius 1 is 1.42 bits per heavy atom. The minimum absolute atomic E-state index is 0.0903. The van der Waals surface area contributed by atoms with Crippen LogP contribution in [-0.4, -0.2) is 48.7 Å². The van der Waals surface area contributed by atoms with E-state index >= 15 is 0 Å². The second kappa shape index (κ2) is 7.62. The summed E-state index contributed by atoms with van der Waals surface area (Å²) in [6.45, 7) is -0.662. The normalized spacial score (nSPS) is 14.9. The van der Waals surface area contributed by atoms with Gasteiger partial charge in [-0.2, -0.15) is 13.2 Å². The number of nitrogens with zero attached hydrogens (tertiary/aromatic N) is 1. The second-order valence-corrected chi connectivity index (χ2v) is 6.03. The first kappa shape index (κ1) is 20.2. The zero-order chi connectivity index (χ0) is 19.6. The molecule has 142 valence electrons. The molecule has 0 aliphatic carbocycles. The molecule has 1 amide bonds. The van der Waals surface area contributed by atoms with Gasteiger partial charge in [0.1, 0.15) is 11.5 Å². The number of halogens is 5. The first-order valence-electron chi connectivity index (χ1n) is 7.15. The summed E-state index contributed by atoms with van der Waals surface area (Å²) in [5, 5.41) is 11.3. The SMILES string of the molecule is COC(=O)C1=C(Nc2cc(F)c(Br)c(C(F)(F)F)c2)C(=O)N(CCO)C1. The van der Waals surface area contributed by atoms with Crippen molar-refractivity contribution < 1.29 is 37.0 Å². The van der Waals surface area contributed by atoms with Gasteiger partial charge in [0, 0.05) is 12.2 Å². The van der Waals surface area contributed by atoms with Crippen molar-refractivity contribution in [1.29, 1.82) is 0 Å². The van der Waals surface area contributed by atoms with Crippen LogP contribution in [0.1, 0.15) is 5.56 Å². The first-order valence-corrected chi connectivity index (χ1v) is 7.94. The van der Waals surface area contributed by atoms with Crippen molar-refractivity contribution in [3.05, 3.63) is 39.3 Å². The summed E-state index contributed by atoms with van der Waals surface area (Å²) in [7, 11) is 1.08. The zero-order valence-corrected chi connectivity index (χ0v) is 14.9. The highest BCUT2D eigenvalue weighted by Gasteiger charge is 2.37. The van der Waals surface area contributed by atoms with Crippen molar-refractivity contribution in [3.8, 4) is 0 Å². The van der Waals surface area contributed by atoms with Crippen LogP contribution in [0.15, 0.2) is 27.9 Å². The molecule has 0 spiro atoms. The van der Waals surface area contributed by atoms with Crippen LogP contribution in [0.2, 0.25) is 0 Å². The molecule has 1 aromatic rings. The minimum atomic E-state index is -4.83. The number of β-amino-alcohol motifs (C(OH)–C–C–N with tert-alkyl or cyclic N) is 1. The smallest absolute Gasteiger partial charge is 0.417 e.